The number of anilines is 1. The summed E-state index contributed by atoms with van der Waals surface area (Å²) in [6.45, 7) is 7.36. The van der Waals surface area contributed by atoms with Crippen LogP contribution in [-0.2, 0) is 0 Å². The maximum atomic E-state index is 5.63. The van der Waals surface area contributed by atoms with Crippen LogP contribution in [-0.4, -0.2) is 0 Å². The molecule has 1 aromatic carbocycles. The zero-order valence-corrected chi connectivity index (χ0v) is 7.38. The van der Waals surface area contributed by atoms with E-state index in [1.54, 1.807) is 6.08 Å². The first kappa shape index (κ1) is 9.35. The molecule has 0 atom stereocenters. The van der Waals surface area contributed by atoms with Crippen LogP contribution in [0.15, 0.2) is 31.4 Å². The van der Waals surface area contributed by atoms with Gasteiger partial charge >= 0.3 is 0 Å². The Hall–Kier alpha value is -1.74. The summed E-state index contributed by atoms with van der Waals surface area (Å²) in [6.07, 6.45) is 1.72. The lowest BCUT2D eigenvalue weighted by Crippen LogP contribution is -2.11. The maximum Gasteiger partial charge on any atom is 0.0583 e. The molecule has 1 aromatic rings. The summed E-state index contributed by atoms with van der Waals surface area (Å²) in [7, 11) is 0. The van der Waals surface area contributed by atoms with Crippen LogP contribution in [0.25, 0.3) is 11.8 Å². The van der Waals surface area contributed by atoms with Gasteiger partial charge in [-0.2, -0.15) is 0 Å². The van der Waals surface area contributed by atoms with Crippen molar-refractivity contribution < 1.29 is 0 Å². The van der Waals surface area contributed by atoms with Crippen molar-refractivity contribution in [3.8, 4) is 0 Å². The smallest absolute Gasteiger partial charge is 0.0583 e. The van der Waals surface area contributed by atoms with Crippen molar-refractivity contribution in [2.24, 2.45) is 11.6 Å². The van der Waals surface area contributed by atoms with Gasteiger partial charge in [0.15, 0.2) is 0 Å². The van der Waals surface area contributed by atoms with E-state index < -0.39 is 0 Å². The molecule has 0 saturated heterocycles. The van der Waals surface area contributed by atoms with Gasteiger partial charge in [-0.25, -0.2) is 0 Å². The van der Waals surface area contributed by atoms with E-state index in [9.17, 15) is 0 Å². The Kier molecular flexibility index (Phi) is 2.72. The molecule has 0 radical (unpaired) electrons. The van der Waals surface area contributed by atoms with Crippen molar-refractivity contribution >= 4 is 17.5 Å². The Morgan fingerprint density at radius 2 is 2.15 bits per heavy atom. The summed E-state index contributed by atoms with van der Waals surface area (Å²) in [6, 6.07) is 5.61. The SMILES string of the molecule is C=Cc1cccc(NN)c1C(=C)N. The number of nitrogens with one attached hydrogen (secondary N) is 1. The Morgan fingerprint density at radius 1 is 1.46 bits per heavy atom. The predicted octanol–water partition coefficient (Wildman–Crippen LogP) is 1.54. The number of hydrazine groups is 1. The molecular weight excluding hydrogens is 162 g/mol. The van der Waals surface area contributed by atoms with E-state index in [0.29, 0.717) is 5.70 Å². The van der Waals surface area contributed by atoms with Crippen molar-refractivity contribution in [3.05, 3.63) is 42.5 Å². The van der Waals surface area contributed by atoms with E-state index in [4.69, 9.17) is 11.6 Å². The number of rotatable bonds is 3. The monoisotopic (exact) mass is 175 g/mol. The minimum atomic E-state index is 0.475. The summed E-state index contributed by atoms with van der Waals surface area (Å²) >= 11 is 0. The highest BCUT2D eigenvalue weighted by atomic mass is 15.2. The minimum absolute atomic E-state index is 0.475. The summed E-state index contributed by atoms with van der Waals surface area (Å²) in [5, 5.41) is 0. The van der Waals surface area contributed by atoms with Crippen LogP contribution in [0.4, 0.5) is 5.69 Å². The number of nitrogens with two attached hydrogens (primary N) is 2. The topological polar surface area (TPSA) is 64.1 Å². The average molecular weight is 175 g/mol. The molecule has 5 N–H and O–H groups in total. The van der Waals surface area contributed by atoms with E-state index >= 15 is 0 Å². The first-order valence-electron chi connectivity index (χ1n) is 3.87. The summed E-state index contributed by atoms with van der Waals surface area (Å²) in [5.41, 5.74) is 11.1. The lowest BCUT2D eigenvalue weighted by atomic mass is 10.0. The Morgan fingerprint density at radius 3 is 2.62 bits per heavy atom. The molecule has 0 heterocycles. The first-order valence-corrected chi connectivity index (χ1v) is 3.87. The molecule has 0 fully saturated rings. The van der Waals surface area contributed by atoms with Crippen LogP contribution in [0.3, 0.4) is 0 Å². The van der Waals surface area contributed by atoms with Gasteiger partial charge < -0.3 is 11.2 Å². The van der Waals surface area contributed by atoms with E-state index in [-0.39, 0.29) is 0 Å². The summed E-state index contributed by atoms with van der Waals surface area (Å²) in [5.74, 6) is 5.33. The molecule has 0 saturated carbocycles. The highest BCUT2D eigenvalue weighted by molar-refractivity contribution is 5.80. The molecular formula is C10H13N3. The van der Waals surface area contributed by atoms with E-state index in [1.807, 2.05) is 18.2 Å². The molecule has 0 aromatic heterocycles. The highest BCUT2D eigenvalue weighted by Gasteiger charge is 2.05. The van der Waals surface area contributed by atoms with Crippen molar-refractivity contribution in [3.63, 3.8) is 0 Å². The minimum Gasteiger partial charge on any atom is -0.399 e. The standard InChI is InChI=1S/C10H13N3/c1-3-8-5-4-6-9(13-12)10(8)7(2)11/h3-6,13H,1-2,11-12H2. The predicted molar refractivity (Wildman–Crippen MR) is 57.6 cm³/mol. The third kappa shape index (κ3) is 1.71. The summed E-state index contributed by atoms with van der Waals surface area (Å²) in [4.78, 5) is 0. The molecule has 13 heavy (non-hydrogen) atoms. The zero-order valence-electron chi connectivity index (χ0n) is 7.38. The molecule has 1 rings (SSSR count). The van der Waals surface area contributed by atoms with Crippen molar-refractivity contribution in [1.82, 2.24) is 0 Å². The van der Waals surface area contributed by atoms with Crippen LogP contribution in [0.2, 0.25) is 0 Å². The average Bonchev–Trinajstić information content (AvgIpc) is 2.16. The van der Waals surface area contributed by atoms with Gasteiger partial charge in [0.1, 0.15) is 0 Å². The fourth-order valence-electron chi connectivity index (χ4n) is 1.22. The normalized spacial score (nSPS) is 9.31. The molecule has 0 aliphatic heterocycles. The van der Waals surface area contributed by atoms with Gasteiger partial charge in [-0.3, -0.25) is 5.84 Å². The number of hydrogen-bond donors (Lipinski definition) is 3. The van der Waals surface area contributed by atoms with Crippen LogP contribution >= 0.6 is 0 Å². The first-order chi connectivity index (χ1) is 6.20. The van der Waals surface area contributed by atoms with Gasteiger partial charge in [0, 0.05) is 11.3 Å². The van der Waals surface area contributed by atoms with Crippen LogP contribution < -0.4 is 17.0 Å². The van der Waals surface area contributed by atoms with Gasteiger partial charge in [-0.15, -0.1) is 0 Å². The van der Waals surface area contributed by atoms with Crippen molar-refractivity contribution in [1.29, 1.82) is 0 Å². The quantitative estimate of drug-likeness (QED) is 0.482. The second-order valence-electron chi connectivity index (χ2n) is 2.64. The van der Waals surface area contributed by atoms with E-state index in [2.05, 4.69) is 18.6 Å². The molecule has 0 aliphatic carbocycles. The second-order valence-corrected chi connectivity index (χ2v) is 2.64. The molecule has 3 nitrogen and oxygen atoms in total. The Labute approximate surface area is 77.7 Å². The van der Waals surface area contributed by atoms with Gasteiger partial charge in [0.2, 0.25) is 0 Å². The van der Waals surface area contributed by atoms with E-state index in [1.165, 1.54) is 0 Å². The largest absolute Gasteiger partial charge is 0.399 e. The van der Waals surface area contributed by atoms with Crippen molar-refractivity contribution in [2.45, 2.75) is 0 Å². The van der Waals surface area contributed by atoms with Gasteiger partial charge in [0.05, 0.1) is 5.69 Å². The maximum absolute atomic E-state index is 5.63. The lowest BCUT2D eigenvalue weighted by Gasteiger charge is -2.11. The van der Waals surface area contributed by atoms with Gasteiger partial charge in [0.25, 0.3) is 0 Å². The fourth-order valence-corrected chi connectivity index (χ4v) is 1.22. The molecule has 68 valence electrons. The fraction of sp³-hybridized carbons (Fsp3) is 0. The second kappa shape index (κ2) is 3.78. The molecule has 0 amide bonds. The number of nitrogen functional groups attached to an aromatic ring is 1. The van der Waals surface area contributed by atoms with Gasteiger partial charge in [-0.1, -0.05) is 31.4 Å². The third-order valence-electron chi connectivity index (χ3n) is 1.79. The molecule has 0 unspecified atom stereocenters. The molecule has 0 bridgehead atoms. The Balaban J connectivity index is 3.38. The van der Waals surface area contributed by atoms with E-state index in [0.717, 1.165) is 16.8 Å². The third-order valence-corrected chi connectivity index (χ3v) is 1.79. The van der Waals surface area contributed by atoms with Crippen LogP contribution in [0, 0.1) is 0 Å². The number of hydrogen-bond acceptors (Lipinski definition) is 3. The highest BCUT2D eigenvalue weighted by Crippen LogP contribution is 2.24. The van der Waals surface area contributed by atoms with Crippen LogP contribution in [0.5, 0.6) is 0 Å². The Bertz CT molecular complexity index is 342. The summed E-state index contributed by atoms with van der Waals surface area (Å²) < 4.78 is 0. The number of benzene rings is 1. The zero-order chi connectivity index (χ0) is 9.84. The molecule has 3 heteroatoms. The van der Waals surface area contributed by atoms with Crippen molar-refractivity contribution in [2.75, 3.05) is 5.43 Å². The lowest BCUT2D eigenvalue weighted by molar-refractivity contribution is 1.33. The molecule has 0 spiro atoms. The van der Waals surface area contributed by atoms with Crippen LogP contribution in [0.1, 0.15) is 11.1 Å². The molecule has 0 aliphatic rings. The van der Waals surface area contributed by atoms with Gasteiger partial charge in [-0.05, 0) is 11.6 Å².